The van der Waals surface area contributed by atoms with Crippen LogP contribution >= 0.6 is 11.8 Å². The number of aromatic carboxylic acids is 1. The fourth-order valence-corrected chi connectivity index (χ4v) is 3.30. The number of benzene rings is 2. The number of imide groups is 1. The molecule has 2 aromatic carbocycles. The van der Waals surface area contributed by atoms with Gasteiger partial charge in [0.05, 0.1) is 21.7 Å². The molecule has 3 rings (SSSR count). The number of anilines is 1. The topological polar surface area (TPSA) is 74.7 Å². The van der Waals surface area contributed by atoms with E-state index in [4.69, 9.17) is 0 Å². The normalized spacial score (nSPS) is 16.3. The highest BCUT2D eigenvalue weighted by molar-refractivity contribution is 8.19. The molecule has 0 radical (unpaired) electrons. The minimum absolute atomic E-state index is 0.0663. The molecule has 27 heavy (non-hydrogen) atoms. The van der Waals surface area contributed by atoms with Gasteiger partial charge in [-0.2, -0.15) is 13.2 Å². The van der Waals surface area contributed by atoms with Gasteiger partial charge in [0.2, 0.25) is 0 Å². The first-order chi connectivity index (χ1) is 12.7. The van der Waals surface area contributed by atoms with Gasteiger partial charge in [0, 0.05) is 0 Å². The summed E-state index contributed by atoms with van der Waals surface area (Å²) in [4.78, 5) is 36.6. The van der Waals surface area contributed by atoms with Crippen molar-refractivity contribution in [2.75, 3.05) is 4.90 Å². The standard InChI is InChI=1S/C18H10F3NO4S/c19-18(20,21)11-5-3-6-12(9-11)22-15(23)14(27-17(22)26)8-10-4-1-2-7-13(10)16(24)25/h1-9H,(H,24,25)/b14-8+. The summed E-state index contributed by atoms with van der Waals surface area (Å²) in [6.07, 6.45) is -3.38. The lowest BCUT2D eigenvalue weighted by Gasteiger charge is -2.14. The molecule has 9 heteroatoms. The maximum Gasteiger partial charge on any atom is 0.416 e. The van der Waals surface area contributed by atoms with Crippen molar-refractivity contribution in [3.8, 4) is 0 Å². The van der Waals surface area contributed by atoms with E-state index in [1.165, 1.54) is 30.3 Å². The van der Waals surface area contributed by atoms with Gasteiger partial charge in [0.25, 0.3) is 11.1 Å². The first-order valence-corrected chi connectivity index (χ1v) is 8.27. The predicted octanol–water partition coefficient (Wildman–Crippen LogP) is 4.64. The minimum atomic E-state index is -4.62. The van der Waals surface area contributed by atoms with Crippen LogP contribution in [0.15, 0.2) is 53.4 Å². The van der Waals surface area contributed by atoms with Crippen molar-refractivity contribution >= 4 is 40.6 Å². The van der Waals surface area contributed by atoms with E-state index in [2.05, 4.69) is 0 Å². The Bertz CT molecular complexity index is 985. The molecular formula is C18H10F3NO4S. The molecule has 138 valence electrons. The molecule has 1 aliphatic heterocycles. The van der Waals surface area contributed by atoms with Crippen LogP contribution in [0.5, 0.6) is 0 Å². The average Bonchev–Trinajstić information content (AvgIpc) is 2.88. The smallest absolute Gasteiger partial charge is 0.416 e. The van der Waals surface area contributed by atoms with E-state index < -0.39 is 28.9 Å². The fourth-order valence-electron chi connectivity index (χ4n) is 2.47. The van der Waals surface area contributed by atoms with E-state index in [-0.39, 0.29) is 21.7 Å². The van der Waals surface area contributed by atoms with Crippen molar-refractivity contribution in [1.29, 1.82) is 0 Å². The molecule has 0 spiro atoms. The Hall–Kier alpha value is -3.07. The van der Waals surface area contributed by atoms with Gasteiger partial charge in [-0.25, -0.2) is 9.69 Å². The van der Waals surface area contributed by atoms with E-state index in [1.54, 1.807) is 6.07 Å². The molecule has 5 nitrogen and oxygen atoms in total. The Morgan fingerprint density at radius 3 is 2.44 bits per heavy atom. The molecule has 0 unspecified atom stereocenters. The maximum absolute atomic E-state index is 12.9. The largest absolute Gasteiger partial charge is 0.478 e. The highest BCUT2D eigenvalue weighted by atomic mass is 32.2. The monoisotopic (exact) mass is 393 g/mol. The van der Waals surface area contributed by atoms with Gasteiger partial charge in [0.1, 0.15) is 0 Å². The molecule has 2 amide bonds. The Morgan fingerprint density at radius 1 is 1.07 bits per heavy atom. The van der Waals surface area contributed by atoms with Gasteiger partial charge in [-0.3, -0.25) is 9.59 Å². The first-order valence-electron chi connectivity index (χ1n) is 7.46. The number of carboxylic acids is 1. The highest BCUT2D eigenvalue weighted by Gasteiger charge is 2.38. The van der Waals surface area contributed by atoms with Crippen LogP contribution in [0.2, 0.25) is 0 Å². The molecule has 0 aliphatic carbocycles. The van der Waals surface area contributed by atoms with Crippen molar-refractivity contribution in [3.63, 3.8) is 0 Å². The summed E-state index contributed by atoms with van der Waals surface area (Å²) in [5.41, 5.74) is -1.05. The Balaban J connectivity index is 1.98. The Morgan fingerprint density at radius 2 is 1.78 bits per heavy atom. The van der Waals surface area contributed by atoms with Crippen molar-refractivity contribution in [2.24, 2.45) is 0 Å². The molecule has 1 aliphatic rings. The molecule has 1 fully saturated rings. The van der Waals surface area contributed by atoms with Crippen molar-refractivity contribution in [1.82, 2.24) is 0 Å². The van der Waals surface area contributed by atoms with Crippen molar-refractivity contribution in [2.45, 2.75) is 6.18 Å². The summed E-state index contributed by atoms with van der Waals surface area (Å²) in [7, 11) is 0. The molecule has 1 N–H and O–H groups in total. The van der Waals surface area contributed by atoms with Crippen molar-refractivity contribution in [3.05, 3.63) is 70.1 Å². The second kappa shape index (κ2) is 6.92. The second-order valence-corrected chi connectivity index (χ2v) is 6.45. The molecular weight excluding hydrogens is 383 g/mol. The van der Waals surface area contributed by atoms with Crippen LogP contribution in [0.4, 0.5) is 23.7 Å². The molecule has 0 saturated carbocycles. The van der Waals surface area contributed by atoms with E-state index in [1.807, 2.05) is 0 Å². The van der Waals surface area contributed by atoms with E-state index >= 15 is 0 Å². The first kappa shape index (κ1) is 18.7. The summed E-state index contributed by atoms with van der Waals surface area (Å²) in [5.74, 6) is -2.02. The van der Waals surface area contributed by atoms with Gasteiger partial charge in [0.15, 0.2) is 0 Å². The third-order valence-electron chi connectivity index (χ3n) is 3.70. The van der Waals surface area contributed by atoms with Gasteiger partial charge in [-0.1, -0.05) is 24.3 Å². The highest BCUT2D eigenvalue weighted by Crippen LogP contribution is 2.38. The van der Waals surface area contributed by atoms with Crippen LogP contribution in [0.3, 0.4) is 0 Å². The lowest BCUT2D eigenvalue weighted by atomic mass is 10.1. The quantitative estimate of drug-likeness (QED) is 0.769. The van der Waals surface area contributed by atoms with Crippen LogP contribution in [0.1, 0.15) is 21.5 Å². The zero-order valence-corrected chi connectivity index (χ0v) is 14.2. The Kier molecular flexibility index (Phi) is 4.79. The number of amides is 2. The second-order valence-electron chi connectivity index (χ2n) is 5.46. The molecule has 1 heterocycles. The van der Waals surface area contributed by atoms with Crippen LogP contribution < -0.4 is 4.90 Å². The Labute approximate surface area is 155 Å². The van der Waals surface area contributed by atoms with Gasteiger partial charge in [-0.15, -0.1) is 0 Å². The average molecular weight is 393 g/mol. The third-order valence-corrected chi connectivity index (χ3v) is 4.57. The van der Waals surface area contributed by atoms with Crippen LogP contribution in [0, 0.1) is 0 Å². The predicted molar refractivity (Wildman–Crippen MR) is 93.3 cm³/mol. The molecule has 0 bridgehead atoms. The number of rotatable bonds is 3. The van der Waals surface area contributed by atoms with E-state index in [9.17, 15) is 32.7 Å². The number of carboxylic acid groups (broad SMARTS) is 1. The zero-order chi connectivity index (χ0) is 19.8. The molecule has 1 saturated heterocycles. The lowest BCUT2D eigenvalue weighted by Crippen LogP contribution is -2.28. The summed E-state index contributed by atoms with van der Waals surface area (Å²) in [6.45, 7) is 0. The van der Waals surface area contributed by atoms with Gasteiger partial charge >= 0.3 is 12.1 Å². The third kappa shape index (κ3) is 3.72. The van der Waals surface area contributed by atoms with Crippen LogP contribution in [-0.2, 0) is 11.0 Å². The molecule has 0 aromatic heterocycles. The molecule has 2 aromatic rings. The number of alkyl halides is 3. The fraction of sp³-hybridized carbons (Fsp3) is 0.0556. The zero-order valence-electron chi connectivity index (χ0n) is 13.4. The number of halogens is 3. The summed E-state index contributed by atoms with van der Waals surface area (Å²) < 4.78 is 38.6. The number of hydrogen-bond acceptors (Lipinski definition) is 4. The SMILES string of the molecule is O=C(O)c1ccccc1/C=C1/SC(=O)N(c2cccc(C(F)(F)F)c2)C1=O. The summed E-state index contributed by atoms with van der Waals surface area (Å²) in [5, 5.41) is 8.42. The van der Waals surface area contributed by atoms with E-state index in [0.29, 0.717) is 22.7 Å². The van der Waals surface area contributed by atoms with Gasteiger partial charge in [-0.05, 0) is 47.7 Å². The number of nitrogens with zero attached hydrogens (tertiary/aromatic N) is 1. The minimum Gasteiger partial charge on any atom is -0.478 e. The molecule has 0 atom stereocenters. The van der Waals surface area contributed by atoms with Crippen LogP contribution in [-0.4, -0.2) is 22.2 Å². The van der Waals surface area contributed by atoms with Crippen LogP contribution in [0.25, 0.3) is 6.08 Å². The number of hydrogen-bond donors (Lipinski definition) is 1. The number of carbonyl (C=O) groups is 3. The summed E-state index contributed by atoms with van der Waals surface area (Å²) in [6, 6.07) is 9.74. The van der Waals surface area contributed by atoms with Crippen molar-refractivity contribution < 1.29 is 32.7 Å². The van der Waals surface area contributed by atoms with Gasteiger partial charge < -0.3 is 5.11 Å². The lowest BCUT2D eigenvalue weighted by molar-refractivity contribution is -0.137. The van der Waals surface area contributed by atoms with E-state index in [0.717, 1.165) is 12.1 Å². The number of carbonyl (C=O) groups excluding carboxylic acids is 2. The maximum atomic E-state index is 12.9. The summed E-state index contributed by atoms with van der Waals surface area (Å²) >= 11 is 0.530. The number of thioether (sulfide) groups is 1.